The summed E-state index contributed by atoms with van der Waals surface area (Å²) in [5.41, 5.74) is 0.983. The number of benzene rings is 3. The maximum Gasteiger partial charge on any atom is 0.262 e. The highest BCUT2D eigenvalue weighted by atomic mass is 16.5. The van der Waals surface area contributed by atoms with Gasteiger partial charge in [-0.2, -0.15) is 0 Å². The van der Waals surface area contributed by atoms with Gasteiger partial charge in [-0.05, 0) is 24.3 Å². The molecule has 0 radical (unpaired) electrons. The molecule has 4 aromatic rings. The smallest absolute Gasteiger partial charge is 0.262 e. The van der Waals surface area contributed by atoms with Crippen molar-refractivity contribution in [3.8, 4) is 28.6 Å². The lowest BCUT2D eigenvalue weighted by Gasteiger charge is -2.10. The topological polar surface area (TPSA) is 109 Å². The molecule has 0 aliphatic rings. The molecule has 0 spiro atoms. The molecule has 1 heterocycles. The zero-order chi connectivity index (χ0) is 21.1. The van der Waals surface area contributed by atoms with E-state index in [1.807, 2.05) is 18.2 Å². The Hall–Kier alpha value is -4.26. The Morgan fingerprint density at radius 2 is 1.70 bits per heavy atom. The lowest BCUT2D eigenvalue weighted by molar-refractivity contribution is -0.118. The van der Waals surface area contributed by atoms with Crippen LogP contribution in [0, 0.1) is 0 Å². The molecule has 7 nitrogen and oxygen atoms in total. The average Bonchev–Trinajstić information content (AvgIpc) is 2.74. The first-order chi connectivity index (χ1) is 14.5. The van der Waals surface area contributed by atoms with E-state index in [0.29, 0.717) is 11.4 Å². The second-order valence-electron chi connectivity index (χ2n) is 6.54. The van der Waals surface area contributed by atoms with Gasteiger partial charge in [0.1, 0.15) is 34.0 Å². The lowest BCUT2D eigenvalue weighted by atomic mass is 10.1. The molecule has 7 heteroatoms. The average molecular weight is 403 g/mol. The van der Waals surface area contributed by atoms with Crippen molar-refractivity contribution in [2.45, 2.75) is 0 Å². The van der Waals surface area contributed by atoms with Crippen LogP contribution in [0.1, 0.15) is 0 Å². The molecule has 1 amide bonds. The van der Waals surface area contributed by atoms with E-state index in [4.69, 9.17) is 9.15 Å². The van der Waals surface area contributed by atoms with E-state index in [1.54, 1.807) is 24.3 Å². The first kappa shape index (κ1) is 19.1. The van der Waals surface area contributed by atoms with Gasteiger partial charge in [-0.3, -0.25) is 9.59 Å². The number of anilines is 1. The van der Waals surface area contributed by atoms with E-state index < -0.39 is 5.91 Å². The van der Waals surface area contributed by atoms with Crippen LogP contribution in [-0.4, -0.2) is 22.7 Å². The Labute approximate surface area is 170 Å². The summed E-state index contributed by atoms with van der Waals surface area (Å²) in [6, 6.07) is 19.1. The fourth-order valence-electron chi connectivity index (χ4n) is 2.96. The number of fused-ring (bicyclic) bond motifs is 1. The third-order valence-corrected chi connectivity index (χ3v) is 4.36. The van der Waals surface area contributed by atoms with Gasteiger partial charge >= 0.3 is 0 Å². The largest absolute Gasteiger partial charge is 0.508 e. The van der Waals surface area contributed by atoms with Crippen molar-refractivity contribution in [1.82, 2.24) is 0 Å². The molecule has 0 fully saturated rings. The van der Waals surface area contributed by atoms with Crippen LogP contribution in [0.25, 0.3) is 22.3 Å². The molecule has 30 heavy (non-hydrogen) atoms. The summed E-state index contributed by atoms with van der Waals surface area (Å²) in [5.74, 6) is -0.106. The van der Waals surface area contributed by atoms with E-state index >= 15 is 0 Å². The van der Waals surface area contributed by atoms with Crippen LogP contribution >= 0.6 is 0 Å². The fourth-order valence-corrected chi connectivity index (χ4v) is 2.96. The van der Waals surface area contributed by atoms with Crippen molar-refractivity contribution in [2.24, 2.45) is 0 Å². The highest BCUT2D eigenvalue weighted by molar-refractivity contribution is 5.92. The van der Waals surface area contributed by atoms with Crippen LogP contribution in [-0.2, 0) is 4.79 Å². The molecule has 4 rings (SSSR count). The zero-order valence-corrected chi connectivity index (χ0v) is 15.7. The minimum atomic E-state index is -0.431. The van der Waals surface area contributed by atoms with Gasteiger partial charge in [0.25, 0.3) is 5.91 Å². The summed E-state index contributed by atoms with van der Waals surface area (Å²) in [4.78, 5) is 24.5. The fraction of sp³-hybridized carbons (Fsp3) is 0.0435. The van der Waals surface area contributed by atoms with Gasteiger partial charge < -0.3 is 24.7 Å². The minimum absolute atomic E-state index is 0.0376. The Balaban J connectivity index is 1.56. The minimum Gasteiger partial charge on any atom is -0.508 e. The normalized spacial score (nSPS) is 10.7. The molecule has 3 N–H and O–H groups in total. The molecule has 150 valence electrons. The van der Waals surface area contributed by atoms with Crippen LogP contribution in [0.4, 0.5) is 5.69 Å². The summed E-state index contributed by atoms with van der Waals surface area (Å²) >= 11 is 0. The summed E-state index contributed by atoms with van der Waals surface area (Å²) in [7, 11) is 0. The Kier molecular flexibility index (Phi) is 5.09. The number of nitrogens with one attached hydrogen (secondary N) is 1. The number of amides is 1. The van der Waals surface area contributed by atoms with Crippen LogP contribution in [0.2, 0.25) is 0 Å². The quantitative estimate of drug-likeness (QED) is 0.436. The maximum absolute atomic E-state index is 12.5. The van der Waals surface area contributed by atoms with E-state index in [1.165, 1.54) is 30.3 Å². The standard InChI is InChI=1S/C23H17NO6/c25-16-8-6-15(7-9-16)24-22(28)13-29-17-10-18(26)23-19(27)12-20(30-21(23)11-17)14-4-2-1-3-5-14/h1-12,25-26H,13H2,(H,24,28). The molecule has 0 aliphatic carbocycles. The van der Waals surface area contributed by atoms with Crippen molar-refractivity contribution in [1.29, 1.82) is 0 Å². The van der Waals surface area contributed by atoms with Gasteiger partial charge in [0, 0.05) is 29.4 Å². The summed E-state index contributed by atoms with van der Waals surface area (Å²) in [6.45, 7) is -0.325. The number of hydrogen-bond acceptors (Lipinski definition) is 6. The van der Waals surface area contributed by atoms with Crippen molar-refractivity contribution >= 4 is 22.6 Å². The Morgan fingerprint density at radius 3 is 2.43 bits per heavy atom. The molecule has 0 aliphatic heterocycles. The molecule has 0 unspecified atom stereocenters. The van der Waals surface area contributed by atoms with Gasteiger partial charge in [0.15, 0.2) is 12.0 Å². The molecule has 0 bridgehead atoms. The van der Waals surface area contributed by atoms with Gasteiger partial charge in [-0.15, -0.1) is 0 Å². The maximum atomic E-state index is 12.5. The first-order valence-electron chi connectivity index (χ1n) is 9.07. The zero-order valence-electron chi connectivity index (χ0n) is 15.7. The Morgan fingerprint density at radius 1 is 0.967 bits per heavy atom. The predicted molar refractivity (Wildman–Crippen MR) is 112 cm³/mol. The molecular weight excluding hydrogens is 386 g/mol. The molecule has 0 atom stereocenters. The highest BCUT2D eigenvalue weighted by Crippen LogP contribution is 2.31. The molecular formula is C23H17NO6. The summed E-state index contributed by atoms with van der Waals surface area (Å²) < 4.78 is 11.3. The predicted octanol–water partition coefficient (Wildman–Crippen LogP) is 3.89. The number of rotatable bonds is 5. The van der Waals surface area contributed by atoms with Gasteiger partial charge in [-0.1, -0.05) is 30.3 Å². The van der Waals surface area contributed by atoms with Gasteiger partial charge in [0.2, 0.25) is 0 Å². The molecule has 0 saturated heterocycles. The SMILES string of the molecule is O=C(COc1cc(O)c2c(=O)cc(-c3ccccc3)oc2c1)Nc1ccc(O)cc1. The van der Waals surface area contributed by atoms with Crippen molar-refractivity contribution in [2.75, 3.05) is 11.9 Å². The lowest BCUT2D eigenvalue weighted by Crippen LogP contribution is -2.20. The van der Waals surface area contributed by atoms with Crippen LogP contribution in [0.15, 0.2) is 82.0 Å². The third kappa shape index (κ3) is 4.10. The monoisotopic (exact) mass is 403 g/mol. The number of carbonyl (C=O) groups excluding carboxylic acids is 1. The number of carbonyl (C=O) groups is 1. The van der Waals surface area contributed by atoms with Crippen molar-refractivity contribution in [3.63, 3.8) is 0 Å². The number of phenolic OH excluding ortho intramolecular Hbond substituents is 2. The van der Waals surface area contributed by atoms with E-state index in [0.717, 1.165) is 5.56 Å². The summed E-state index contributed by atoms with van der Waals surface area (Å²) in [6.07, 6.45) is 0. The molecule has 0 saturated carbocycles. The third-order valence-electron chi connectivity index (χ3n) is 4.36. The second kappa shape index (κ2) is 8.00. The van der Waals surface area contributed by atoms with Gasteiger partial charge in [-0.25, -0.2) is 0 Å². The van der Waals surface area contributed by atoms with Crippen molar-refractivity contribution < 1.29 is 24.2 Å². The van der Waals surface area contributed by atoms with Crippen LogP contribution < -0.4 is 15.5 Å². The van der Waals surface area contributed by atoms with E-state index in [-0.39, 0.29) is 40.3 Å². The van der Waals surface area contributed by atoms with Crippen LogP contribution in [0.5, 0.6) is 17.2 Å². The number of phenols is 2. The number of hydrogen-bond donors (Lipinski definition) is 3. The molecule has 3 aromatic carbocycles. The van der Waals surface area contributed by atoms with E-state index in [2.05, 4.69) is 5.32 Å². The summed E-state index contributed by atoms with van der Waals surface area (Å²) in [5, 5.41) is 22.2. The van der Waals surface area contributed by atoms with Gasteiger partial charge in [0.05, 0.1) is 0 Å². The second-order valence-corrected chi connectivity index (χ2v) is 6.54. The number of aromatic hydroxyl groups is 2. The van der Waals surface area contributed by atoms with Crippen molar-refractivity contribution in [3.05, 3.63) is 83.0 Å². The Bertz CT molecular complexity index is 1260. The van der Waals surface area contributed by atoms with E-state index in [9.17, 15) is 19.8 Å². The first-order valence-corrected chi connectivity index (χ1v) is 9.07. The number of ether oxygens (including phenoxy) is 1. The van der Waals surface area contributed by atoms with Crippen LogP contribution in [0.3, 0.4) is 0 Å². The highest BCUT2D eigenvalue weighted by Gasteiger charge is 2.13. The molecule has 1 aromatic heterocycles.